The van der Waals surface area contributed by atoms with E-state index < -0.39 is 0 Å². The lowest BCUT2D eigenvalue weighted by molar-refractivity contribution is -0.120. The Morgan fingerprint density at radius 2 is 2.05 bits per heavy atom. The van der Waals surface area contributed by atoms with Crippen molar-refractivity contribution in [2.75, 3.05) is 14.2 Å². The van der Waals surface area contributed by atoms with Crippen LogP contribution in [0, 0.1) is 0 Å². The van der Waals surface area contributed by atoms with Crippen LogP contribution in [-0.4, -0.2) is 36.5 Å². The Bertz CT molecular complexity index is 601. The Morgan fingerprint density at radius 1 is 1.33 bits per heavy atom. The molecule has 1 aromatic carbocycles. The standard InChI is InChI=1S/C14H16N2O4S/c1-8-6-12(17)16-14(15-8)21-13(18)9-4-5-10(19-2)11(7-9)20-3/h4-5,7-8H,6H2,1-3H3,(H,15,16,17)/t8-/m1/s1. The summed E-state index contributed by atoms with van der Waals surface area (Å²) in [6.45, 7) is 1.83. The number of hydrogen-bond donors (Lipinski definition) is 1. The predicted molar refractivity (Wildman–Crippen MR) is 81.1 cm³/mol. The Labute approximate surface area is 126 Å². The average molecular weight is 308 g/mol. The smallest absolute Gasteiger partial charge is 0.228 e. The molecule has 1 amide bonds. The molecule has 7 heteroatoms. The van der Waals surface area contributed by atoms with Crippen molar-refractivity contribution in [1.29, 1.82) is 0 Å². The SMILES string of the molecule is COc1ccc(C(=O)SC2=N[C@H](C)CC(=O)N2)cc1OC. The summed E-state index contributed by atoms with van der Waals surface area (Å²) >= 11 is 0.897. The number of carbonyl (C=O) groups excluding carboxylic acids is 2. The summed E-state index contributed by atoms with van der Waals surface area (Å²) < 4.78 is 10.3. The number of amides is 1. The number of hydrogen-bond acceptors (Lipinski definition) is 6. The number of amidine groups is 1. The van der Waals surface area contributed by atoms with Crippen LogP contribution < -0.4 is 14.8 Å². The van der Waals surface area contributed by atoms with Gasteiger partial charge in [-0.05, 0) is 36.9 Å². The first-order valence-electron chi connectivity index (χ1n) is 6.35. The molecule has 0 fully saturated rings. The summed E-state index contributed by atoms with van der Waals surface area (Å²) in [5.41, 5.74) is 0.452. The number of ether oxygens (including phenoxy) is 2. The Balaban J connectivity index is 2.15. The van der Waals surface area contributed by atoms with Crippen LogP contribution in [0.4, 0.5) is 0 Å². The zero-order valence-electron chi connectivity index (χ0n) is 12.0. The molecule has 0 aromatic heterocycles. The van der Waals surface area contributed by atoms with E-state index >= 15 is 0 Å². The highest BCUT2D eigenvalue weighted by atomic mass is 32.2. The number of nitrogens with one attached hydrogen (secondary N) is 1. The van der Waals surface area contributed by atoms with Gasteiger partial charge in [0.15, 0.2) is 16.7 Å². The molecule has 0 spiro atoms. The van der Waals surface area contributed by atoms with Crippen molar-refractivity contribution >= 4 is 28.0 Å². The molecule has 21 heavy (non-hydrogen) atoms. The molecule has 112 valence electrons. The van der Waals surface area contributed by atoms with Gasteiger partial charge in [-0.15, -0.1) is 0 Å². The third-order valence-electron chi connectivity index (χ3n) is 2.87. The first kappa shape index (κ1) is 15.4. The van der Waals surface area contributed by atoms with Gasteiger partial charge in [-0.25, -0.2) is 0 Å². The van der Waals surface area contributed by atoms with E-state index in [9.17, 15) is 9.59 Å². The lowest BCUT2D eigenvalue weighted by atomic mass is 10.2. The average Bonchev–Trinajstić information content (AvgIpc) is 2.45. The molecule has 2 rings (SSSR count). The third-order valence-corrected chi connectivity index (χ3v) is 3.70. The molecule has 0 saturated heterocycles. The molecule has 0 saturated carbocycles. The topological polar surface area (TPSA) is 77.0 Å². The normalized spacial score (nSPS) is 17.8. The van der Waals surface area contributed by atoms with Crippen LogP contribution in [-0.2, 0) is 4.79 Å². The molecular weight excluding hydrogens is 292 g/mol. The molecular formula is C14H16N2O4S. The number of benzene rings is 1. The molecule has 0 bridgehead atoms. The fourth-order valence-corrected chi connectivity index (χ4v) is 2.70. The fraction of sp³-hybridized carbons (Fsp3) is 0.357. The van der Waals surface area contributed by atoms with Crippen molar-refractivity contribution in [2.45, 2.75) is 19.4 Å². The van der Waals surface area contributed by atoms with Gasteiger partial charge < -0.3 is 14.8 Å². The maximum atomic E-state index is 12.2. The van der Waals surface area contributed by atoms with E-state index in [0.29, 0.717) is 28.7 Å². The van der Waals surface area contributed by atoms with Crippen LogP contribution in [0.5, 0.6) is 11.5 Å². The minimum Gasteiger partial charge on any atom is -0.493 e. The van der Waals surface area contributed by atoms with E-state index in [1.54, 1.807) is 18.2 Å². The van der Waals surface area contributed by atoms with Crippen LogP contribution >= 0.6 is 11.8 Å². The van der Waals surface area contributed by atoms with Crippen LogP contribution in [0.15, 0.2) is 23.2 Å². The first-order chi connectivity index (χ1) is 10.0. The zero-order valence-corrected chi connectivity index (χ0v) is 12.8. The maximum absolute atomic E-state index is 12.2. The van der Waals surface area contributed by atoms with E-state index in [2.05, 4.69) is 10.3 Å². The van der Waals surface area contributed by atoms with Gasteiger partial charge in [-0.2, -0.15) is 0 Å². The number of aliphatic imine (C=N–C) groups is 1. The largest absolute Gasteiger partial charge is 0.493 e. The predicted octanol–water partition coefficient (Wildman–Crippen LogP) is 1.84. The van der Waals surface area contributed by atoms with Crippen LogP contribution in [0.3, 0.4) is 0 Å². The number of rotatable bonds is 3. The highest BCUT2D eigenvalue weighted by Gasteiger charge is 2.21. The fourth-order valence-electron chi connectivity index (χ4n) is 1.88. The molecule has 1 atom stereocenters. The molecule has 1 heterocycles. The number of carbonyl (C=O) groups is 2. The first-order valence-corrected chi connectivity index (χ1v) is 7.17. The summed E-state index contributed by atoms with van der Waals surface area (Å²) in [7, 11) is 3.04. The van der Waals surface area contributed by atoms with Crippen molar-refractivity contribution in [2.24, 2.45) is 4.99 Å². The molecule has 0 aliphatic carbocycles. The molecule has 0 radical (unpaired) electrons. The molecule has 1 aliphatic heterocycles. The molecule has 1 N–H and O–H groups in total. The summed E-state index contributed by atoms with van der Waals surface area (Å²) in [6, 6.07) is 4.80. The van der Waals surface area contributed by atoms with Gasteiger partial charge in [0.25, 0.3) is 0 Å². The Morgan fingerprint density at radius 3 is 2.67 bits per heavy atom. The van der Waals surface area contributed by atoms with Gasteiger partial charge in [-0.1, -0.05) is 0 Å². The van der Waals surface area contributed by atoms with Gasteiger partial charge in [0, 0.05) is 12.0 Å². The van der Waals surface area contributed by atoms with Gasteiger partial charge in [0.1, 0.15) is 0 Å². The quantitative estimate of drug-likeness (QED) is 0.922. The third kappa shape index (κ3) is 3.75. The highest BCUT2D eigenvalue weighted by Crippen LogP contribution is 2.29. The Kier molecular flexibility index (Phi) is 4.85. The number of methoxy groups -OCH3 is 2. The van der Waals surface area contributed by atoms with Crippen LogP contribution in [0.2, 0.25) is 0 Å². The second kappa shape index (κ2) is 6.62. The van der Waals surface area contributed by atoms with Gasteiger partial charge in [0.2, 0.25) is 11.0 Å². The van der Waals surface area contributed by atoms with E-state index in [1.165, 1.54) is 14.2 Å². The van der Waals surface area contributed by atoms with E-state index in [4.69, 9.17) is 9.47 Å². The number of nitrogens with zero attached hydrogens (tertiary/aromatic N) is 1. The van der Waals surface area contributed by atoms with Crippen LogP contribution in [0.1, 0.15) is 23.7 Å². The van der Waals surface area contributed by atoms with Crippen molar-refractivity contribution in [3.63, 3.8) is 0 Å². The van der Waals surface area contributed by atoms with Gasteiger partial charge >= 0.3 is 0 Å². The highest BCUT2D eigenvalue weighted by molar-refractivity contribution is 8.26. The Hall–Kier alpha value is -2.02. The molecule has 0 unspecified atom stereocenters. The minimum atomic E-state index is -0.218. The zero-order chi connectivity index (χ0) is 15.4. The second-order valence-electron chi connectivity index (χ2n) is 4.49. The molecule has 1 aliphatic rings. The lowest BCUT2D eigenvalue weighted by Gasteiger charge is -2.16. The summed E-state index contributed by atoms with van der Waals surface area (Å²) in [5.74, 6) is 0.906. The molecule has 1 aromatic rings. The van der Waals surface area contributed by atoms with E-state index in [0.717, 1.165) is 11.8 Å². The number of thioether (sulfide) groups is 1. The van der Waals surface area contributed by atoms with E-state index in [-0.39, 0.29) is 17.1 Å². The summed E-state index contributed by atoms with van der Waals surface area (Å²) in [5, 5.41) is 2.71. The summed E-state index contributed by atoms with van der Waals surface area (Å²) in [6.07, 6.45) is 0.342. The second-order valence-corrected chi connectivity index (χ2v) is 5.46. The van der Waals surface area contributed by atoms with Crippen molar-refractivity contribution in [3.05, 3.63) is 23.8 Å². The van der Waals surface area contributed by atoms with Gasteiger partial charge in [-0.3, -0.25) is 14.6 Å². The lowest BCUT2D eigenvalue weighted by Crippen LogP contribution is -2.36. The monoisotopic (exact) mass is 308 g/mol. The minimum absolute atomic E-state index is 0.112. The van der Waals surface area contributed by atoms with Crippen LogP contribution in [0.25, 0.3) is 0 Å². The van der Waals surface area contributed by atoms with E-state index in [1.807, 2.05) is 6.92 Å². The van der Waals surface area contributed by atoms with Crippen molar-refractivity contribution in [1.82, 2.24) is 5.32 Å². The molecule has 6 nitrogen and oxygen atoms in total. The maximum Gasteiger partial charge on any atom is 0.228 e. The van der Waals surface area contributed by atoms with Crippen molar-refractivity contribution < 1.29 is 19.1 Å². The summed E-state index contributed by atoms with van der Waals surface area (Å²) in [4.78, 5) is 27.9. The van der Waals surface area contributed by atoms with Gasteiger partial charge in [0.05, 0.1) is 20.3 Å². The van der Waals surface area contributed by atoms with Crippen molar-refractivity contribution in [3.8, 4) is 11.5 Å².